The van der Waals surface area contributed by atoms with E-state index >= 15 is 0 Å². The maximum atomic E-state index is 10.6. The molecule has 1 heterocycles. The molecular weight excluding hydrogens is 236 g/mol. The molecular formula is C12H20N2O2S. The van der Waals surface area contributed by atoms with Crippen molar-refractivity contribution in [2.75, 3.05) is 6.54 Å². The van der Waals surface area contributed by atoms with Crippen LogP contribution in [0.4, 0.5) is 0 Å². The van der Waals surface area contributed by atoms with Crippen LogP contribution < -0.4 is 5.32 Å². The summed E-state index contributed by atoms with van der Waals surface area (Å²) in [5.41, 5.74) is 0.816. The third kappa shape index (κ3) is 5.79. The summed E-state index contributed by atoms with van der Waals surface area (Å²) in [4.78, 5) is 14.6. The van der Waals surface area contributed by atoms with Crippen LogP contribution in [0.1, 0.15) is 48.6 Å². The van der Waals surface area contributed by atoms with E-state index < -0.39 is 5.97 Å². The van der Waals surface area contributed by atoms with E-state index in [0.717, 1.165) is 24.6 Å². The summed E-state index contributed by atoms with van der Waals surface area (Å²) in [6.45, 7) is 6.09. The van der Waals surface area contributed by atoms with Crippen molar-refractivity contribution < 1.29 is 9.90 Å². The number of carboxylic acids is 1. The van der Waals surface area contributed by atoms with Gasteiger partial charge in [0, 0.05) is 11.9 Å². The highest BCUT2D eigenvalue weighted by Crippen LogP contribution is 2.09. The van der Waals surface area contributed by atoms with Crippen molar-refractivity contribution in [2.24, 2.45) is 5.92 Å². The van der Waals surface area contributed by atoms with Gasteiger partial charge in [0.1, 0.15) is 0 Å². The number of hydrogen-bond acceptors (Lipinski definition) is 4. The monoisotopic (exact) mass is 256 g/mol. The number of hydrogen-bond donors (Lipinski definition) is 2. The van der Waals surface area contributed by atoms with Gasteiger partial charge < -0.3 is 10.4 Å². The van der Waals surface area contributed by atoms with Gasteiger partial charge in [0.25, 0.3) is 0 Å². The lowest BCUT2D eigenvalue weighted by molar-refractivity contribution is 0.0696. The van der Waals surface area contributed by atoms with E-state index in [2.05, 4.69) is 24.1 Å². The highest BCUT2D eigenvalue weighted by molar-refractivity contribution is 7.11. The average Bonchev–Trinajstić information content (AvgIpc) is 2.71. The van der Waals surface area contributed by atoms with Crippen LogP contribution in [0.5, 0.6) is 0 Å². The Morgan fingerprint density at radius 1 is 1.53 bits per heavy atom. The van der Waals surface area contributed by atoms with E-state index in [1.165, 1.54) is 24.2 Å². The molecule has 0 spiro atoms. The minimum Gasteiger partial charge on any atom is -0.476 e. The Morgan fingerprint density at radius 3 is 2.88 bits per heavy atom. The van der Waals surface area contributed by atoms with Gasteiger partial charge in [0.2, 0.25) is 5.01 Å². The Hall–Kier alpha value is -0.940. The first-order valence-corrected chi connectivity index (χ1v) is 6.86. The maximum Gasteiger partial charge on any atom is 0.365 e. The standard InChI is InChI=1S/C12H20N2O2S/c1-9(2)5-3-4-6-13-7-10-8-17-11(14-10)12(15)16/h8-9,13H,3-7H2,1-2H3,(H,15,16). The molecule has 96 valence electrons. The SMILES string of the molecule is CC(C)CCCCNCc1csc(C(=O)O)n1. The zero-order chi connectivity index (χ0) is 12.7. The van der Waals surface area contributed by atoms with E-state index in [4.69, 9.17) is 5.11 Å². The second-order valence-corrected chi connectivity index (χ2v) is 5.37. The van der Waals surface area contributed by atoms with Crippen LogP contribution in [0.15, 0.2) is 5.38 Å². The molecule has 1 aromatic heterocycles. The summed E-state index contributed by atoms with van der Waals surface area (Å²) < 4.78 is 0. The van der Waals surface area contributed by atoms with Crippen LogP contribution in [0, 0.1) is 5.92 Å². The van der Waals surface area contributed by atoms with E-state index in [-0.39, 0.29) is 5.01 Å². The van der Waals surface area contributed by atoms with Gasteiger partial charge in [0.15, 0.2) is 0 Å². The Kier molecular flexibility index (Phi) is 6.15. The van der Waals surface area contributed by atoms with Crippen molar-refractivity contribution in [3.05, 3.63) is 16.1 Å². The maximum absolute atomic E-state index is 10.6. The second kappa shape index (κ2) is 7.40. The normalized spacial score (nSPS) is 11.0. The summed E-state index contributed by atoms with van der Waals surface area (Å²) in [7, 11) is 0. The molecule has 2 N–H and O–H groups in total. The molecule has 0 bridgehead atoms. The fraction of sp³-hybridized carbons (Fsp3) is 0.667. The minimum atomic E-state index is -0.946. The quantitative estimate of drug-likeness (QED) is 0.702. The van der Waals surface area contributed by atoms with Gasteiger partial charge in [-0.2, -0.15) is 0 Å². The third-order valence-electron chi connectivity index (χ3n) is 2.43. The number of rotatable bonds is 8. The molecule has 0 amide bonds. The van der Waals surface area contributed by atoms with Crippen molar-refractivity contribution in [1.29, 1.82) is 0 Å². The predicted molar refractivity (Wildman–Crippen MR) is 69.5 cm³/mol. The number of aromatic nitrogens is 1. The molecule has 5 heteroatoms. The largest absolute Gasteiger partial charge is 0.476 e. The molecule has 0 saturated heterocycles. The number of carboxylic acid groups (broad SMARTS) is 1. The Labute approximate surface area is 106 Å². The van der Waals surface area contributed by atoms with Gasteiger partial charge in [-0.3, -0.25) is 0 Å². The number of carbonyl (C=O) groups is 1. The van der Waals surface area contributed by atoms with E-state index in [9.17, 15) is 4.79 Å². The number of nitrogens with one attached hydrogen (secondary N) is 1. The Morgan fingerprint density at radius 2 is 2.29 bits per heavy atom. The van der Waals surface area contributed by atoms with Crippen molar-refractivity contribution in [3.8, 4) is 0 Å². The van der Waals surface area contributed by atoms with Crippen LogP contribution in [0.2, 0.25) is 0 Å². The summed E-state index contributed by atoms with van der Waals surface area (Å²) in [6, 6.07) is 0. The number of nitrogens with zero attached hydrogens (tertiary/aromatic N) is 1. The van der Waals surface area contributed by atoms with Gasteiger partial charge >= 0.3 is 5.97 Å². The van der Waals surface area contributed by atoms with Crippen molar-refractivity contribution in [2.45, 2.75) is 39.7 Å². The molecule has 4 nitrogen and oxygen atoms in total. The zero-order valence-corrected chi connectivity index (χ0v) is 11.2. The van der Waals surface area contributed by atoms with E-state index in [1.54, 1.807) is 5.38 Å². The lowest BCUT2D eigenvalue weighted by Crippen LogP contribution is -2.15. The molecule has 0 atom stereocenters. The smallest absolute Gasteiger partial charge is 0.365 e. The summed E-state index contributed by atoms with van der Waals surface area (Å²) in [6.07, 6.45) is 3.66. The highest BCUT2D eigenvalue weighted by atomic mass is 32.1. The topological polar surface area (TPSA) is 62.2 Å². The molecule has 0 aliphatic carbocycles. The van der Waals surface area contributed by atoms with Crippen LogP contribution in [-0.2, 0) is 6.54 Å². The molecule has 0 radical (unpaired) electrons. The molecule has 0 aliphatic heterocycles. The molecule has 0 fully saturated rings. The first-order chi connectivity index (χ1) is 8.09. The fourth-order valence-electron chi connectivity index (χ4n) is 1.51. The number of unbranched alkanes of at least 4 members (excludes halogenated alkanes) is 1. The number of aromatic carboxylic acids is 1. The first kappa shape index (κ1) is 14.1. The Bertz CT molecular complexity index is 350. The van der Waals surface area contributed by atoms with Gasteiger partial charge in [-0.25, -0.2) is 9.78 Å². The van der Waals surface area contributed by atoms with Crippen molar-refractivity contribution >= 4 is 17.3 Å². The summed E-state index contributed by atoms with van der Waals surface area (Å²) >= 11 is 1.18. The molecule has 1 aromatic rings. The van der Waals surface area contributed by atoms with Gasteiger partial charge in [0.05, 0.1) is 5.69 Å². The number of thiazole rings is 1. The van der Waals surface area contributed by atoms with Crippen LogP contribution in [-0.4, -0.2) is 22.6 Å². The summed E-state index contributed by atoms with van der Waals surface area (Å²) in [5, 5.41) is 14.0. The minimum absolute atomic E-state index is 0.168. The molecule has 0 aromatic carbocycles. The van der Waals surface area contributed by atoms with Crippen LogP contribution >= 0.6 is 11.3 Å². The molecule has 0 unspecified atom stereocenters. The first-order valence-electron chi connectivity index (χ1n) is 5.98. The Balaban J connectivity index is 2.11. The second-order valence-electron chi connectivity index (χ2n) is 4.52. The zero-order valence-electron chi connectivity index (χ0n) is 10.4. The highest BCUT2D eigenvalue weighted by Gasteiger charge is 2.07. The molecule has 0 saturated carbocycles. The van der Waals surface area contributed by atoms with Crippen molar-refractivity contribution in [1.82, 2.24) is 10.3 Å². The third-order valence-corrected chi connectivity index (χ3v) is 3.30. The van der Waals surface area contributed by atoms with Crippen molar-refractivity contribution in [3.63, 3.8) is 0 Å². The lowest BCUT2D eigenvalue weighted by atomic mass is 10.1. The fourth-order valence-corrected chi connectivity index (χ4v) is 2.16. The van der Waals surface area contributed by atoms with E-state index in [1.807, 2.05) is 0 Å². The average molecular weight is 256 g/mol. The lowest BCUT2D eigenvalue weighted by Gasteiger charge is -2.04. The van der Waals surface area contributed by atoms with Gasteiger partial charge in [-0.1, -0.05) is 26.7 Å². The van der Waals surface area contributed by atoms with Crippen LogP contribution in [0.25, 0.3) is 0 Å². The molecule has 1 rings (SSSR count). The van der Waals surface area contributed by atoms with E-state index in [0.29, 0.717) is 6.54 Å². The predicted octanol–water partition coefficient (Wildman–Crippen LogP) is 2.76. The summed E-state index contributed by atoms with van der Waals surface area (Å²) in [5.74, 6) is -0.176. The van der Waals surface area contributed by atoms with Gasteiger partial charge in [-0.05, 0) is 18.9 Å². The van der Waals surface area contributed by atoms with Crippen LogP contribution in [0.3, 0.4) is 0 Å². The van der Waals surface area contributed by atoms with Gasteiger partial charge in [-0.15, -0.1) is 11.3 Å². The molecule has 17 heavy (non-hydrogen) atoms. The molecule has 0 aliphatic rings.